The van der Waals surface area contributed by atoms with Crippen LogP contribution >= 0.6 is 0 Å². The summed E-state index contributed by atoms with van der Waals surface area (Å²) in [5.74, 6) is 1.28. The van der Waals surface area contributed by atoms with E-state index in [4.69, 9.17) is 9.47 Å². The summed E-state index contributed by atoms with van der Waals surface area (Å²) >= 11 is 0. The lowest BCUT2D eigenvalue weighted by Crippen LogP contribution is -2.30. The SMILES string of the molecule is Cc1ccc(OC(=O)C2CCC(CCC3CCC(C)OC3=O)CC2)c(C)c1C. The van der Waals surface area contributed by atoms with E-state index in [0.29, 0.717) is 11.7 Å². The Morgan fingerprint density at radius 3 is 2.39 bits per heavy atom. The molecule has 2 atom stereocenters. The van der Waals surface area contributed by atoms with Crippen LogP contribution in [0.5, 0.6) is 5.75 Å². The third kappa shape index (κ3) is 4.95. The van der Waals surface area contributed by atoms with Gasteiger partial charge in [0.1, 0.15) is 5.75 Å². The highest BCUT2D eigenvalue weighted by molar-refractivity contribution is 5.76. The molecule has 1 saturated heterocycles. The highest BCUT2D eigenvalue weighted by Crippen LogP contribution is 2.35. The van der Waals surface area contributed by atoms with Gasteiger partial charge in [0.25, 0.3) is 0 Å². The molecule has 1 aliphatic carbocycles. The molecule has 1 saturated carbocycles. The van der Waals surface area contributed by atoms with Crippen molar-refractivity contribution in [3.05, 3.63) is 28.8 Å². The minimum atomic E-state index is -0.0883. The fraction of sp³-hybridized carbons (Fsp3) is 0.667. The van der Waals surface area contributed by atoms with Crippen LogP contribution in [0.2, 0.25) is 0 Å². The Balaban J connectivity index is 1.44. The predicted octanol–water partition coefficient (Wildman–Crippen LogP) is 5.45. The van der Waals surface area contributed by atoms with E-state index in [1.54, 1.807) is 0 Å². The topological polar surface area (TPSA) is 52.6 Å². The van der Waals surface area contributed by atoms with Gasteiger partial charge in [0.2, 0.25) is 0 Å². The number of cyclic esters (lactones) is 1. The van der Waals surface area contributed by atoms with Gasteiger partial charge in [0, 0.05) is 0 Å². The van der Waals surface area contributed by atoms with E-state index >= 15 is 0 Å². The molecule has 154 valence electrons. The van der Waals surface area contributed by atoms with E-state index in [0.717, 1.165) is 56.9 Å². The molecule has 4 heteroatoms. The molecule has 1 aromatic carbocycles. The summed E-state index contributed by atoms with van der Waals surface area (Å²) < 4.78 is 11.1. The summed E-state index contributed by atoms with van der Waals surface area (Å²) in [6.45, 7) is 8.12. The first kappa shape index (κ1) is 20.9. The van der Waals surface area contributed by atoms with Gasteiger partial charge in [-0.2, -0.15) is 0 Å². The van der Waals surface area contributed by atoms with Crippen LogP contribution in [0.15, 0.2) is 12.1 Å². The van der Waals surface area contributed by atoms with Crippen LogP contribution in [0.1, 0.15) is 75.0 Å². The zero-order valence-electron chi connectivity index (χ0n) is 17.8. The Hall–Kier alpha value is -1.84. The molecule has 2 aliphatic rings. The van der Waals surface area contributed by atoms with Gasteiger partial charge in [0.05, 0.1) is 17.9 Å². The van der Waals surface area contributed by atoms with Crippen molar-refractivity contribution in [1.82, 2.24) is 0 Å². The third-order valence-corrected chi connectivity index (χ3v) is 6.89. The van der Waals surface area contributed by atoms with E-state index in [2.05, 4.69) is 13.8 Å². The van der Waals surface area contributed by atoms with Gasteiger partial charge in [0.15, 0.2) is 0 Å². The molecule has 0 spiro atoms. The van der Waals surface area contributed by atoms with Crippen LogP contribution in [0.4, 0.5) is 0 Å². The number of aryl methyl sites for hydroxylation is 1. The lowest BCUT2D eigenvalue weighted by atomic mass is 9.78. The largest absolute Gasteiger partial charge is 0.462 e. The van der Waals surface area contributed by atoms with Gasteiger partial charge in [-0.15, -0.1) is 0 Å². The molecule has 28 heavy (non-hydrogen) atoms. The predicted molar refractivity (Wildman–Crippen MR) is 109 cm³/mol. The Kier molecular flexibility index (Phi) is 6.79. The minimum Gasteiger partial charge on any atom is -0.462 e. The maximum absolute atomic E-state index is 12.6. The smallest absolute Gasteiger partial charge is 0.314 e. The molecule has 1 aromatic rings. The van der Waals surface area contributed by atoms with Gasteiger partial charge in [-0.1, -0.05) is 6.07 Å². The summed E-state index contributed by atoms with van der Waals surface area (Å²) in [6, 6.07) is 3.92. The first-order chi connectivity index (χ1) is 13.3. The van der Waals surface area contributed by atoms with Crippen molar-refractivity contribution in [2.24, 2.45) is 17.8 Å². The van der Waals surface area contributed by atoms with Gasteiger partial charge in [-0.3, -0.25) is 9.59 Å². The van der Waals surface area contributed by atoms with E-state index in [-0.39, 0.29) is 29.9 Å². The van der Waals surface area contributed by atoms with Gasteiger partial charge < -0.3 is 9.47 Å². The lowest BCUT2D eigenvalue weighted by molar-refractivity contribution is -0.159. The fourth-order valence-electron chi connectivity index (χ4n) is 4.53. The van der Waals surface area contributed by atoms with Crippen LogP contribution in [0.3, 0.4) is 0 Å². The highest BCUT2D eigenvalue weighted by atomic mass is 16.5. The maximum Gasteiger partial charge on any atom is 0.314 e. The lowest BCUT2D eigenvalue weighted by Gasteiger charge is -2.30. The average molecular weight is 387 g/mol. The van der Waals surface area contributed by atoms with Crippen molar-refractivity contribution in [3.8, 4) is 5.75 Å². The summed E-state index contributed by atoms with van der Waals surface area (Å²) in [6.07, 6.45) is 7.86. The van der Waals surface area contributed by atoms with Crippen molar-refractivity contribution in [3.63, 3.8) is 0 Å². The second-order valence-corrected chi connectivity index (χ2v) is 8.87. The Morgan fingerprint density at radius 1 is 1.00 bits per heavy atom. The molecule has 4 nitrogen and oxygen atoms in total. The molecule has 1 heterocycles. The van der Waals surface area contributed by atoms with Gasteiger partial charge in [-0.05, 0) is 108 Å². The highest BCUT2D eigenvalue weighted by Gasteiger charge is 2.31. The first-order valence-electron chi connectivity index (χ1n) is 10.8. The number of benzene rings is 1. The maximum atomic E-state index is 12.6. The number of hydrogen-bond acceptors (Lipinski definition) is 4. The van der Waals surface area contributed by atoms with Crippen LogP contribution in [0.25, 0.3) is 0 Å². The molecule has 1 aliphatic heterocycles. The number of hydrogen-bond donors (Lipinski definition) is 0. The van der Waals surface area contributed by atoms with Crippen molar-refractivity contribution >= 4 is 11.9 Å². The zero-order chi connectivity index (χ0) is 20.3. The quantitative estimate of drug-likeness (QED) is 0.499. The molecule has 2 fully saturated rings. The molecule has 0 radical (unpaired) electrons. The van der Waals surface area contributed by atoms with Crippen molar-refractivity contribution in [2.45, 2.75) is 85.2 Å². The van der Waals surface area contributed by atoms with Gasteiger partial charge in [-0.25, -0.2) is 0 Å². The molecular formula is C24H34O4. The summed E-state index contributed by atoms with van der Waals surface area (Å²) in [5.41, 5.74) is 3.45. The van der Waals surface area contributed by atoms with Crippen LogP contribution in [-0.2, 0) is 14.3 Å². The fourth-order valence-corrected chi connectivity index (χ4v) is 4.53. The number of esters is 2. The molecule has 3 rings (SSSR count). The standard InChI is InChI=1S/C24H34O4/c1-15-5-14-22(18(4)17(15)3)28-24(26)21-12-8-19(9-13-21)7-11-20-10-6-16(2)27-23(20)25/h5,14,16,19-21H,6-13H2,1-4H3. The normalized spacial score (nSPS) is 27.9. The minimum absolute atomic E-state index is 0.00208. The molecule has 0 aromatic heterocycles. The van der Waals surface area contributed by atoms with Crippen molar-refractivity contribution < 1.29 is 19.1 Å². The van der Waals surface area contributed by atoms with E-state index < -0.39 is 0 Å². The Morgan fingerprint density at radius 2 is 1.71 bits per heavy atom. The first-order valence-corrected chi connectivity index (χ1v) is 10.8. The summed E-state index contributed by atoms with van der Waals surface area (Å²) in [7, 11) is 0. The Bertz CT molecular complexity index is 716. The average Bonchev–Trinajstić information content (AvgIpc) is 2.68. The second-order valence-electron chi connectivity index (χ2n) is 8.87. The Labute approximate surface area is 169 Å². The van der Waals surface area contributed by atoms with E-state index in [9.17, 15) is 9.59 Å². The van der Waals surface area contributed by atoms with Gasteiger partial charge >= 0.3 is 11.9 Å². The number of rotatable bonds is 5. The summed E-state index contributed by atoms with van der Waals surface area (Å²) in [5, 5.41) is 0. The summed E-state index contributed by atoms with van der Waals surface area (Å²) in [4.78, 5) is 24.6. The monoisotopic (exact) mass is 386 g/mol. The van der Waals surface area contributed by atoms with Crippen LogP contribution in [-0.4, -0.2) is 18.0 Å². The number of carbonyl (C=O) groups excluding carboxylic acids is 2. The van der Waals surface area contributed by atoms with Crippen LogP contribution in [0, 0.1) is 38.5 Å². The molecule has 0 amide bonds. The zero-order valence-corrected chi connectivity index (χ0v) is 17.8. The second kappa shape index (κ2) is 9.11. The molecule has 0 N–H and O–H groups in total. The third-order valence-electron chi connectivity index (χ3n) is 6.89. The molecular weight excluding hydrogens is 352 g/mol. The number of carbonyl (C=O) groups is 2. The molecule has 2 unspecified atom stereocenters. The van der Waals surface area contributed by atoms with Crippen molar-refractivity contribution in [2.75, 3.05) is 0 Å². The molecule has 0 bridgehead atoms. The van der Waals surface area contributed by atoms with Crippen LogP contribution < -0.4 is 4.74 Å². The number of ether oxygens (including phenoxy) is 2. The van der Waals surface area contributed by atoms with E-state index in [1.165, 1.54) is 11.1 Å². The van der Waals surface area contributed by atoms with E-state index in [1.807, 2.05) is 26.0 Å². The van der Waals surface area contributed by atoms with Crippen molar-refractivity contribution in [1.29, 1.82) is 0 Å².